The maximum Gasteiger partial charge on any atom is 0.244 e. The van der Waals surface area contributed by atoms with Crippen LogP contribution in [0.25, 0.3) is 6.08 Å². The van der Waals surface area contributed by atoms with Gasteiger partial charge < -0.3 is 15.0 Å². The SMILES string of the molecule is CC(CO)NS(=O)(=O)c1c(Cl)c(CNc2cc(F)nc(C#N)c2)n2c1C=CCC2. The van der Waals surface area contributed by atoms with Crippen LogP contribution in [-0.4, -0.2) is 35.7 Å². The Morgan fingerprint density at radius 1 is 1.48 bits per heavy atom. The third kappa shape index (κ3) is 4.43. The first-order valence-corrected chi connectivity index (χ1v) is 10.6. The summed E-state index contributed by atoms with van der Waals surface area (Å²) in [5, 5.41) is 21.1. The highest BCUT2D eigenvalue weighted by Gasteiger charge is 2.31. The summed E-state index contributed by atoms with van der Waals surface area (Å²) in [6.45, 7) is 1.82. The molecule has 3 N–H and O–H groups in total. The summed E-state index contributed by atoms with van der Waals surface area (Å²) in [6, 6.07) is 3.62. The molecule has 0 spiro atoms. The van der Waals surface area contributed by atoms with Crippen LogP contribution in [0.5, 0.6) is 0 Å². The fourth-order valence-electron chi connectivity index (χ4n) is 3.08. The van der Waals surface area contributed by atoms with Crippen molar-refractivity contribution in [1.29, 1.82) is 5.26 Å². The lowest BCUT2D eigenvalue weighted by atomic mass is 10.2. The summed E-state index contributed by atoms with van der Waals surface area (Å²) < 4.78 is 43.4. The maximum atomic E-state index is 13.6. The van der Waals surface area contributed by atoms with Gasteiger partial charge in [-0.05, 0) is 25.5 Å². The molecule has 0 saturated carbocycles. The zero-order valence-corrected chi connectivity index (χ0v) is 17.1. The van der Waals surface area contributed by atoms with Crippen LogP contribution in [0.2, 0.25) is 5.02 Å². The number of hydrogen-bond donors (Lipinski definition) is 3. The fraction of sp³-hybridized carbons (Fsp3) is 0.333. The van der Waals surface area contributed by atoms with E-state index in [1.165, 1.54) is 13.0 Å². The monoisotopic (exact) mass is 439 g/mol. The molecule has 8 nitrogen and oxygen atoms in total. The second kappa shape index (κ2) is 8.51. The molecular weight excluding hydrogens is 421 g/mol. The van der Waals surface area contributed by atoms with E-state index in [9.17, 15) is 17.9 Å². The van der Waals surface area contributed by atoms with Crippen LogP contribution in [0.3, 0.4) is 0 Å². The van der Waals surface area contributed by atoms with Gasteiger partial charge in [0.1, 0.15) is 16.7 Å². The predicted molar refractivity (Wildman–Crippen MR) is 106 cm³/mol. The number of aromatic nitrogens is 2. The van der Waals surface area contributed by atoms with Crippen LogP contribution in [0.4, 0.5) is 10.1 Å². The number of allylic oxidation sites excluding steroid dienone is 1. The highest BCUT2D eigenvalue weighted by molar-refractivity contribution is 7.89. The van der Waals surface area contributed by atoms with Crippen molar-refractivity contribution >= 4 is 33.4 Å². The van der Waals surface area contributed by atoms with Crippen molar-refractivity contribution in [2.75, 3.05) is 11.9 Å². The van der Waals surface area contributed by atoms with Crippen LogP contribution in [0, 0.1) is 17.3 Å². The van der Waals surface area contributed by atoms with E-state index in [4.69, 9.17) is 16.9 Å². The van der Waals surface area contributed by atoms with Gasteiger partial charge in [0.15, 0.2) is 0 Å². The van der Waals surface area contributed by atoms with Crippen LogP contribution >= 0.6 is 11.6 Å². The van der Waals surface area contributed by atoms with Crippen molar-refractivity contribution in [3.8, 4) is 6.07 Å². The van der Waals surface area contributed by atoms with Gasteiger partial charge in [-0.3, -0.25) is 0 Å². The Hall–Kier alpha value is -2.45. The smallest absolute Gasteiger partial charge is 0.244 e. The lowest BCUT2D eigenvalue weighted by Gasteiger charge is -2.16. The van der Waals surface area contributed by atoms with Crippen molar-refractivity contribution in [2.24, 2.45) is 0 Å². The minimum absolute atomic E-state index is 0.0479. The van der Waals surface area contributed by atoms with Crippen LogP contribution in [0.1, 0.15) is 30.4 Å². The first-order valence-electron chi connectivity index (χ1n) is 8.79. The third-order valence-electron chi connectivity index (χ3n) is 4.36. The van der Waals surface area contributed by atoms with E-state index < -0.39 is 22.0 Å². The largest absolute Gasteiger partial charge is 0.395 e. The number of nitrogens with zero attached hydrogens (tertiary/aromatic N) is 3. The van der Waals surface area contributed by atoms with E-state index in [1.54, 1.807) is 16.7 Å². The standard InChI is InChI=1S/C18H19ClFN5O3S/c1-11(10-26)24-29(27,28)18-14-4-2-3-5-25(14)15(17(18)19)9-22-12-6-13(8-21)23-16(20)7-12/h2,4,6-7,11,24,26H,3,5,9-10H2,1H3,(H,22,23). The zero-order valence-electron chi connectivity index (χ0n) is 15.5. The van der Waals surface area contributed by atoms with Gasteiger partial charge in [0.05, 0.1) is 29.6 Å². The van der Waals surface area contributed by atoms with E-state index in [-0.39, 0.29) is 28.8 Å². The predicted octanol–water partition coefficient (Wildman–Crippen LogP) is 2.24. The molecule has 11 heteroatoms. The average molecular weight is 440 g/mol. The van der Waals surface area contributed by atoms with E-state index in [0.29, 0.717) is 30.0 Å². The highest BCUT2D eigenvalue weighted by Crippen LogP contribution is 2.35. The quantitative estimate of drug-likeness (QED) is 0.569. The van der Waals surface area contributed by atoms with Crippen molar-refractivity contribution in [2.45, 2.75) is 37.4 Å². The minimum atomic E-state index is -3.98. The zero-order chi connectivity index (χ0) is 21.2. The minimum Gasteiger partial charge on any atom is -0.395 e. The highest BCUT2D eigenvalue weighted by atomic mass is 35.5. The first kappa shape index (κ1) is 21.3. The summed E-state index contributed by atoms with van der Waals surface area (Å²) in [6.07, 6.45) is 4.25. The maximum absolute atomic E-state index is 13.6. The lowest BCUT2D eigenvalue weighted by Crippen LogP contribution is -2.35. The van der Waals surface area contributed by atoms with E-state index in [1.807, 2.05) is 6.08 Å². The first-order chi connectivity index (χ1) is 13.8. The Labute approximate surface area is 172 Å². The number of aliphatic hydroxyl groups excluding tert-OH is 1. The molecule has 0 aliphatic carbocycles. The second-order valence-corrected chi connectivity index (χ2v) is 8.58. The van der Waals surface area contributed by atoms with Crippen molar-refractivity contribution in [1.82, 2.24) is 14.3 Å². The van der Waals surface area contributed by atoms with E-state index >= 15 is 0 Å². The van der Waals surface area contributed by atoms with Crippen molar-refractivity contribution in [3.63, 3.8) is 0 Å². The molecule has 1 atom stereocenters. The molecule has 0 radical (unpaired) electrons. The molecule has 0 saturated heterocycles. The number of rotatable bonds is 7. The molecule has 2 aromatic heterocycles. The van der Waals surface area contributed by atoms with Gasteiger partial charge in [0, 0.05) is 24.3 Å². The van der Waals surface area contributed by atoms with Gasteiger partial charge in [0.2, 0.25) is 16.0 Å². The Bertz CT molecular complexity index is 1110. The molecule has 0 aromatic carbocycles. The Balaban J connectivity index is 1.99. The van der Waals surface area contributed by atoms with Gasteiger partial charge in [-0.15, -0.1) is 0 Å². The molecule has 3 heterocycles. The summed E-state index contributed by atoms with van der Waals surface area (Å²) >= 11 is 6.47. The van der Waals surface area contributed by atoms with Crippen LogP contribution in [-0.2, 0) is 23.1 Å². The van der Waals surface area contributed by atoms with E-state index in [2.05, 4.69) is 15.0 Å². The number of aliphatic hydroxyl groups is 1. The van der Waals surface area contributed by atoms with Gasteiger partial charge >= 0.3 is 0 Å². The summed E-state index contributed by atoms with van der Waals surface area (Å²) in [5.74, 6) is -0.803. The Morgan fingerprint density at radius 2 is 2.24 bits per heavy atom. The summed E-state index contributed by atoms with van der Waals surface area (Å²) in [4.78, 5) is 3.39. The third-order valence-corrected chi connectivity index (χ3v) is 6.55. The van der Waals surface area contributed by atoms with Gasteiger partial charge in [-0.1, -0.05) is 17.7 Å². The number of hydrogen-bond acceptors (Lipinski definition) is 6. The molecule has 154 valence electrons. The molecule has 29 heavy (non-hydrogen) atoms. The Morgan fingerprint density at radius 3 is 2.93 bits per heavy atom. The number of pyridine rings is 1. The second-order valence-electron chi connectivity index (χ2n) is 6.55. The van der Waals surface area contributed by atoms with E-state index in [0.717, 1.165) is 6.07 Å². The van der Waals surface area contributed by atoms with Crippen molar-refractivity contribution < 1.29 is 17.9 Å². The van der Waals surface area contributed by atoms with Gasteiger partial charge in [-0.2, -0.15) is 9.65 Å². The molecule has 0 amide bonds. The normalized spacial score (nSPS) is 14.3. The van der Waals surface area contributed by atoms with Gasteiger partial charge in [0.25, 0.3) is 0 Å². The molecule has 1 aliphatic rings. The number of nitrogens with one attached hydrogen (secondary N) is 2. The van der Waals surface area contributed by atoms with Crippen molar-refractivity contribution in [3.05, 3.63) is 46.3 Å². The number of anilines is 1. The number of fused-ring (bicyclic) bond motifs is 1. The lowest BCUT2D eigenvalue weighted by molar-refractivity contribution is 0.265. The van der Waals surface area contributed by atoms with Crippen LogP contribution < -0.4 is 10.0 Å². The number of nitriles is 1. The molecule has 3 rings (SSSR count). The Kier molecular flexibility index (Phi) is 6.24. The molecule has 1 unspecified atom stereocenters. The van der Waals surface area contributed by atoms with Crippen LogP contribution in [0.15, 0.2) is 23.1 Å². The molecule has 2 aromatic rings. The number of halogens is 2. The number of sulfonamides is 1. The summed E-state index contributed by atoms with van der Waals surface area (Å²) in [5.41, 5.74) is 1.20. The molecule has 0 fully saturated rings. The fourth-order valence-corrected chi connectivity index (χ4v) is 5.18. The molecule has 0 bridgehead atoms. The summed E-state index contributed by atoms with van der Waals surface area (Å²) in [7, 11) is -3.98. The average Bonchev–Trinajstić information content (AvgIpc) is 2.97. The topological polar surface area (TPSA) is 120 Å². The van der Waals surface area contributed by atoms with Gasteiger partial charge in [-0.25, -0.2) is 18.1 Å². The molecule has 1 aliphatic heterocycles. The molecular formula is C18H19ClFN5O3S.